The molecule has 0 aliphatic carbocycles. The number of carbonyl (C=O) groups is 1. The number of ether oxygens (including phenoxy) is 1. The third-order valence-corrected chi connectivity index (χ3v) is 5.30. The van der Waals surface area contributed by atoms with Gasteiger partial charge in [0.2, 0.25) is 5.96 Å². The van der Waals surface area contributed by atoms with Gasteiger partial charge in [0.1, 0.15) is 11.9 Å². The van der Waals surface area contributed by atoms with Crippen molar-refractivity contribution in [2.24, 2.45) is 16.8 Å². The number of carbonyl (C=O) groups excluding carboxylic acids is 1. The van der Waals surface area contributed by atoms with E-state index in [0.717, 1.165) is 16.7 Å². The molecule has 0 unspecified atom stereocenters. The van der Waals surface area contributed by atoms with Crippen molar-refractivity contribution in [3.8, 4) is 11.1 Å². The van der Waals surface area contributed by atoms with Gasteiger partial charge >= 0.3 is 6.09 Å². The summed E-state index contributed by atoms with van der Waals surface area (Å²) in [6.07, 6.45) is -1.20. The summed E-state index contributed by atoms with van der Waals surface area (Å²) >= 11 is 0. The molecular weight excluding hydrogens is 391 g/mol. The number of anilines is 1. The second kappa shape index (κ2) is 7.81. The number of halogens is 1. The van der Waals surface area contributed by atoms with Crippen molar-refractivity contribution in [3.05, 3.63) is 53.3 Å². The molecule has 0 aromatic heterocycles. The Hall–Kier alpha value is -3.37. The summed E-state index contributed by atoms with van der Waals surface area (Å²) in [6, 6.07) is 10.4. The van der Waals surface area contributed by atoms with Gasteiger partial charge < -0.3 is 20.6 Å². The summed E-state index contributed by atoms with van der Waals surface area (Å²) < 4.78 is 19.9. The number of cyclic esters (lactones) is 1. The van der Waals surface area contributed by atoms with Gasteiger partial charge in [0, 0.05) is 25.7 Å². The second-order valence-electron chi connectivity index (χ2n) is 7.34. The number of aliphatic hydroxyl groups is 1. The quantitative estimate of drug-likeness (QED) is 0.298. The van der Waals surface area contributed by atoms with Crippen LogP contribution in [0.2, 0.25) is 0 Å². The average Bonchev–Trinajstić information content (AvgIpc) is 3.30. The highest BCUT2D eigenvalue weighted by atomic mass is 19.1. The maximum atomic E-state index is 14.9. The van der Waals surface area contributed by atoms with E-state index >= 15 is 0 Å². The number of nitrogens with two attached hydrogens (primary N) is 2. The van der Waals surface area contributed by atoms with Crippen molar-refractivity contribution in [3.63, 3.8) is 0 Å². The lowest BCUT2D eigenvalue weighted by molar-refractivity contribution is 0.0963. The van der Waals surface area contributed by atoms with Crippen molar-refractivity contribution >= 4 is 17.7 Å². The molecule has 1 saturated heterocycles. The van der Waals surface area contributed by atoms with Crippen LogP contribution in [0.25, 0.3) is 11.1 Å². The van der Waals surface area contributed by atoms with Crippen molar-refractivity contribution in [1.29, 1.82) is 0 Å². The molecule has 2 aromatic carbocycles. The number of aliphatic hydroxyl groups excluding tert-OH is 1. The van der Waals surface area contributed by atoms with Crippen molar-refractivity contribution in [2.75, 3.05) is 25.1 Å². The molecule has 158 valence electrons. The van der Waals surface area contributed by atoms with Crippen LogP contribution in [-0.2, 0) is 17.8 Å². The minimum atomic E-state index is -0.602. The molecule has 1 amide bonds. The Morgan fingerprint density at radius 3 is 2.70 bits per heavy atom. The van der Waals surface area contributed by atoms with Gasteiger partial charge in [0.05, 0.1) is 18.8 Å². The third kappa shape index (κ3) is 3.51. The first-order valence-electron chi connectivity index (χ1n) is 9.43. The number of guanidine groups is 1. The monoisotopic (exact) mass is 414 g/mol. The Balaban J connectivity index is 1.57. The zero-order valence-electron chi connectivity index (χ0n) is 16.5. The number of nitrogens with zero attached hydrogens (tertiary/aromatic N) is 4. The van der Waals surface area contributed by atoms with Crippen LogP contribution >= 0.6 is 0 Å². The highest BCUT2D eigenvalue weighted by molar-refractivity contribution is 5.90. The molecule has 5 N–H and O–H groups in total. The van der Waals surface area contributed by atoms with E-state index in [2.05, 4.69) is 5.10 Å². The van der Waals surface area contributed by atoms with Crippen LogP contribution in [0, 0.1) is 5.82 Å². The second-order valence-corrected chi connectivity index (χ2v) is 7.34. The van der Waals surface area contributed by atoms with Crippen molar-refractivity contribution < 1.29 is 19.0 Å². The molecule has 9 nitrogen and oxygen atoms in total. The molecule has 0 bridgehead atoms. The molecule has 2 aliphatic heterocycles. The Kier molecular flexibility index (Phi) is 5.18. The number of hydrogen-bond donors (Lipinski definition) is 3. The molecule has 30 heavy (non-hydrogen) atoms. The minimum absolute atomic E-state index is 0.184. The molecule has 2 heterocycles. The number of hydrazine groups is 1. The number of hydrogen-bond acceptors (Lipinski definition) is 6. The maximum absolute atomic E-state index is 14.9. The molecular formula is C20H23FN6O3. The first-order valence-corrected chi connectivity index (χ1v) is 9.43. The SMILES string of the molecule is CN(N)/C(=N\N)N1Cc2ccc(-c3ccc(N4C[C@H](CO)OC4=O)cc3F)cc2C1. The first-order chi connectivity index (χ1) is 14.4. The summed E-state index contributed by atoms with van der Waals surface area (Å²) in [7, 11) is 1.66. The van der Waals surface area contributed by atoms with E-state index in [9.17, 15) is 9.18 Å². The van der Waals surface area contributed by atoms with Crippen LogP contribution in [0.4, 0.5) is 14.9 Å². The van der Waals surface area contributed by atoms with Crippen LogP contribution in [0.3, 0.4) is 0 Å². The van der Waals surface area contributed by atoms with Gasteiger partial charge in [-0.05, 0) is 41.0 Å². The smallest absolute Gasteiger partial charge is 0.414 e. The molecule has 10 heteroatoms. The highest BCUT2D eigenvalue weighted by Crippen LogP contribution is 2.32. The minimum Gasteiger partial charge on any atom is -0.441 e. The molecule has 0 radical (unpaired) electrons. The lowest BCUT2D eigenvalue weighted by atomic mass is 10.00. The van der Waals surface area contributed by atoms with E-state index in [1.807, 2.05) is 23.1 Å². The Labute approximate surface area is 172 Å². The average molecular weight is 414 g/mol. The highest BCUT2D eigenvalue weighted by Gasteiger charge is 2.32. The van der Waals surface area contributed by atoms with Gasteiger partial charge in [-0.15, -0.1) is 5.10 Å². The molecule has 0 spiro atoms. The van der Waals surface area contributed by atoms with Gasteiger partial charge in [0.15, 0.2) is 0 Å². The van der Waals surface area contributed by atoms with Crippen LogP contribution in [-0.4, -0.2) is 53.4 Å². The van der Waals surface area contributed by atoms with E-state index in [4.69, 9.17) is 21.5 Å². The number of benzene rings is 2. The predicted molar refractivity (Wildman–Crippen MR) is 109 cm³/mol. The zero-order chi connectivity index (χ0) is 21.4. The number of rotatable bonds is 3. The fraction of sp³-hybridized carbons (Fsp3) is 0.300. The summed E-state index contributed by atoms with van der Waals surface area (Å²) in [5.74, 6) is 11.2. The lowest BCUT2D eigenvalue weighted by Gasteiger charge is -2.24. The molecule has 2 aromatic rings. The van der Waals surface area contributed by atoms with Gasteiger partial charge in [-0.2, -0.15) is 0 Å². The van der Waals surface area contributed by atoms with Gasteiger partial charge in [-0.1, -0.05) is 12.1 Å². The molecule has 1 fully saturated rings. The molecule has 2 aliphatic rings. The number of fused-ring (bicyclic) bond motifs is 1. The molecule has 1 atom stereocenters. The topological polar surface area (TPSA) is 121 Å². The van der Waals surface area contributed by atoms with Gasteiger partial charge in [0.25, 0.3) is 0 Å². The summed E-state index contributed by atoms with van der Waals surface area (Å²) in [6.45, 7) is 1.08. The first kappa shape index (κ1) is 19.9. The largest absolute Gasteiger partial charge is 0.441 e. The molecule has 0 saturated carbocycles. The van der Waals surface area contributed by atoms with E-state index in [0.29, 0.717) is 30.3 Å². The number of hydrazone groups is 1. The van der Waals surface area contributed by atoms with Gasteiger partial charge in [-0.25, -0.2) is 15.0 Å². The van der Waals surface area contributed by atoms with Crippen LogP contribution in [0.15, 0.2) is 41.5 Å². The van der Waals surface area contributed by atoms with E-state index in [1.165, 1.54) is 16.0 Å². The van der Waals surface area contributed by atoms with E-state index < -0.39 is 18.0 Å². The Morgan fingerprint density at radius 1 is 1.30 bits per heavy atom. The fourth-order valence-electron chi connectivity index (χ4n) is 3.83. The third-order valence-electron chi connectivity index (χ3n) is 5.30. The van der Waals surface area contributed by atoms with Crippen molar-refractivity contribution in [1.82, 2.24) is 9.91 Å². The predicted octanol–water partition coefficient (Wildman–Crippen LogP) is 1.16. The summed E-state index contributed by atoms with van der Waals surface area (Å²) in [4.78, 5) is 15.2. The standard InChI is InChI=1S/C20H23FN6O3/c1-25(23)19(24-22)26-8-13-3-2-12(6-14(13)9-26)17-5-4-15(7-18(17)21)27-10-16(11-28)30-20(27)29/h2-7,16,28H,8-11,22-23H2,1H3/b24-19+/t16-/m1/s1. The zero-order valence-corrected chi connectivity index (χ0v) is 16.5. The van der Waals surface area contributed by atoms with E-state index in [-0.39, 0.29) is 13.2 Å². The van der Waals surface area contributed by atoms with Gasteiger partial charge in [-0.3, -0.25) is 9.91 Å². The Morgan fingerprint density at radius 2 is 2.07 bits per heavy atom. The summed E-state index contributed by atoms with van der Waals surface area (Å²) in [5.41, 5.74) is 3.67. The van der Waals surface area contributed by atoms with Crippen LogP contribution < -0.4 is 16.6 Å². The lowest BCUT2D eigenvalue weighted by Crippen LogP contribution is -2.44. The Bertz CT molecular complexity index is 1010. The number of amides is 1. The van der Waals surface area contributed by atoms with Crippen LogP contribution in [0.1, 0.15) is 11.1 Å². The molecule has 4 rings (SSSR count). The van der Waals surface area contributed by atoms with Crippen molar-refractivity contribution in [2.45, 2.75) is 19.2 Å². The fourth-order valence-corrected chi connectivity index (χ4v) is 3.83. The normalized spacial score (nSPS) is 18.6. The van der Waals surface area contributed by atoms with E-state index in [1.54, 1.807) is 19.2 Å². The maximum Gasteiger partial charge on any atom is 0.414 e. The van der Waals surface area contributed by atoms with Crippen LogP contribution in [0.5, 0.6) is 0 Å². The summed E-state index contributed by atoms with van der Waals surface area (Å²) in [5, 5.41) is 14.3.